The maximum Gasteiger partial charge on any atom is 0.416 e. The fourth-order valence-corrected chi connectivity index (χ4v) is 9.32. The smallest absolute Gasteiger partial charge is 0.416 e. The maximum atomic E-state index is 14.8. The molecule has 2 heterocycles. The number of aliphatic hydroxyl groups excluding tert-OH is 2. The Hall–Kier alpha value is -5.35. The van der Waals surface area contributed by atoms with Crippen molar-refractivity contribution in [3.8, 4) is 17.2 Å². The Morgan fingerprint density at radius 2 is 1.77 bits per heavy atom. The van der Waals surface area contributed by atoms with Gasteiger partial charge in [-0.25, -0.2) is 9.18 Å². The Balaban J connectivity index is 1.41. The van der Waals surface area contributed by atoms with Crippen molar-refractivity contribution in [2.24, 2.45) is 22.9 Å². The highest BCUT2D eigenvalue weighted by atomic mass is 19.1. The topological polar surface area (TPSA) is 165 Å². The summed E-state index contributed by atoms with van der Waals surface area (Å²) >= 11 is 0. The summed E-state index contributed by atoms with van der Waals surface area (Å²) < 4.78 is 40.9. The van der Waals surface area contributed by atoms with Gasteiger partial charge in [0.15, 0.2) is 0 Å². The van der Waals surface area contributed by atoms with Gasteiger partial charge in [0.2, 0.25) is 5.79 Å². The molecule has 14 nitrogen and oxygen atoms in total. The normalized spacial score (nSPS) is 24.4. The number of hydrogen-bond acceptors (Lipinski definition) is 12. The van der Waals surface area contributed by atoms with Gasteiger partial charge in [-0.3, -0.25) is 19.9 Å². The number of nitro groups is 1. The molecule has 0 radical (unpaired) electrons. The number of allylic oxidation sites excluding steroid dienone is 1. The average molecular weight is 843 g/mol. The fourth-order valence-electron chi connectivity index (χ4n) is 9.32. The molecular weight excluding hydrogens is 788 g/mol. The number of unbranched alkanes of at least 4 members (excludes halogenated alkanes) is 2. The summed E-state index contributed by atoms with van der Waals surface area (Å²) in [5, 5.41) is 35.8. The highest BCUT2D eigenvalue weighted by Crippen LogP contribution is 2.62. The second kappa shape index (κ2) is 20.0. The second-order valence-electron chi connectivity index (χ2n) is 16.0. The van der Waals surface area contributed by atoms with E-state index in [4.69, 9.17) is 23.8 Å². The van der Waals surface area contributed by atoms with Crippen LogP contribution in [0.5, 0.6) is 17.2 Å². The molecular formula is C46H55FN4O10. The molecule has 0 spiro atoms. The number of nitro benzene ring substituents is 1. The number of fused-ring (bicyclic) bond motifs is 2. The average Bonchev–Trinajstić information content (AvgIpc) is 4.09. The van der Waals surface area contributed by atoms with E-state index in [2.05, 4.69) is 28.8 Å². The van der Waals surface area contributed by atoms with Gasteiger partial charge in [0, 0.05) is 69.4 Å². The molecule has 0 aromatic heterocycles. The minimum Gasteiger partial charge on any atom is -0.492 e. The Bertz CT molecular complexity index is 2060. The van der Waals surface area contributed by atoms with Gasteiger partial charge in [0.25, 0.3) is 5.69 Å². The van der Waals surface area contributed by atoms with E-state index in [1.165, 1.54) is 48.4 Å². The summed E-state index contributed by atoms with van der Waals surface area (Å²) in [6.07, 6.45) is 7.55. The van der Waals surface area contributed by atoms with Crippen LogP contribution >= 0.6 is 0 Å². The molecule has 1 saturated carbocycles. The number of carbonyl (C=O) groups is 1. The minimum atomic E-state index is -1.58. The van der Waals surface area contributed by atoms with Crippen LogP contribution in [0.2, 0.25) is 0 Å². The predicted molar refractivity (Wildman–Crippen MR) is 225 cm³/mol. The van der Waals surface area contributed by atoms with Gasteiger partial charge in [0.1, 0.15) is 42.8 Å². The van der Waals surface area contributed by atoms with E-state index in [-0.39, 0.29) is 62.0 Å². The number of non-ortho nitro benzene ring substituents is 1. The van der Waals surface area contributed by atoms with Crippen molar-refractivity contribution in [1.29, 1.82) is 0 Å². The zero-order valence-electron chi connectivity index (χ0n) is 34.5. The minimum absolute atomic E-state index is 0.00123. The summed E-state index contributed by atoms with van der Waals surface area (Å²) in [7, 11) is 1.48. The summed E-state index contributed by atoms with van der Waals surface area (Å²) in [5.74, 6) is -1.48. The Kier molecular flexibility index (Phi) is 14.3. The van der Waals surface area contributed by atoms with Crippen molar-refractivity contribution in [1.82, 2.24) is 9.80 Å². The fraction of sp³-hybridized carbons (Fsp3) is 0.478. The first kappa shape index (κ1) is 43.7. The van der Waals surface area contributed by atoms with E-state index < -0.39 is 34.6 Å². The molecule has 3 aromatic carbocycles. The van der Waals surface area contributed by atoms with Crippen molar-refractivity contribution < 1.29 is 48.1 Å². The third-order valence-corrected chi connectivity index (χ3v) is 12.2. The summed E-state index contributed by atoms with van der Waals surface area (Å²) in [5.41, 5.74) is 2.81. The number of oxime groups is 1. The Morgan fingerprint density at radius 3 is 2.44 bits per heavy atom. The highest BCUT2D eigenvalue weighted by Gasteiger charge is 2.65. The van der Waals surface area contributed by atoms with E-state index >= 15 is 0 Å². The second-order valence-corrected chi connectivity index (χ2v) is 16.0. The van der Waals surface area contributed by atoms with Crippen LogP contribution in [0.15, 0.2) is 96.2 Å². The van der Waals surface area contributed by atoms with Gasteiger partial charge in [0.05, 0.1) is 23.2 Å². The number of aliphatic hydroxyl groups is 2. The van der Waals surface area contributed by atoms with Crippen molar-refractivity contribution in [3.05, 3.63) is 118 Å². The van der Waals surface area contributed by atoms with Crippen LogP contribution < -0.4 is 14.2 Å². The van der Waals surface area contributed by atoms with Crippen LogP contribution in [-0.2, 0) is 16.1 Å². The molecule has 2 N–H and O–H groups in total. The predicted octanol–water partition coefficient (Wildman–Crippen LogP) is 7.39. The number of ether oxygens (including phenoxy) is 4. The third kappa shape index (κ3) is 9.91. The monoisotopic (exact) mass is 842 g/mol. The largest absolute Gasteiger partial charge is 0.492 e. The quantitative estimate of drug-likeness (QED) is 0.0361. The van der Waals surface area contributed by atoms with Crippen molar-refractivity contribution in [2.75, 3.05) is 53.2 Å². The zero-order valence-corrected chi connectivity index (χ0v) is 34.5. The van der Waals surface area contributed by atoms with Crippen LogP contribution in [0.25, 0.3) is 0 Å². The van der Waals surface area contributed by atoms with E-state index in [9.17, 15) is 29.5 Å². The number of halogens is 1. The third-order valence-electron chi connectivity index (χ3n) is 12.2. The molecule has 15 heteroatoms. The standard InChI is InChI=1S/C46H55FN4O10/c1-3-25-59-46-42(50(30-31-10-12-33(47)13-11-31)45(54)60-35-16-14-34(15-17-35)51(55)56)29-40(48-57-2)38-27-32(8-4-6-23-52)37(9-5-7-24-53)43(44(38)46)39-28-36(18-19-41(39)61-46)58-26-22-49-20-21-49/h3,10-19,27-28,32,37,42-44,52-53H,1,4-9,20-26,29-30H2,2H3. The molecule has 6 unspecified atom stereocenters. The van der Waals surface area contributed by atoms with Gasteiger partial charge < -0.3 is 34.0 Å². The molecule has 61 heavy (non-hydrogen) atoms. The van der Waals surface area contributed by atoms with Gasteiger partial charge in [-0.1, -0.05) is 42.3 Å². The molecule has 2 aliphatic heterocycles. The summed E-state index contributed by atoms with van der Waals surface area (Å²) in [6, 6.07) is 15.9. The Morgan fingerprint density at radius 1 is 1.05 bits per heavy atom. The summed E-state index contributed by atoms with van der Waals surface area (Å²) in [4.78, 5) is 35.0. The van der Waals surface area contributed by atoms with E-state index in [0.717, 1.165) is 56.5 Å². The van der Waals surface area contributed by atoms with E-state index in [0.29, 0.717) is 42.2 Å². The first-order valence-corrected chi connectivity index (χ1v) is 21.1. The van der Waals surface area contributed by atoms with Crippen LogP contribution in [0.4, 0.5) is 14.9 Å². The molecule has 1 amide bonds. The summed E-state index contributed by atoms with van der Waals surface area (Å²) in [6.45, 7) is 7.57. The SMILES string of the molecule is C=CCOC12Oc3ccc(OCCN4CC4)cc3C3C(CCCCO)C(CCCCO)C=C(C(=NOC)CC1N(Cc1ccc(F)cc1)C(=O)Oc1ccc([N+](=O)[O-])cc1)C32. The van der Waals surface area contributed by atoms with Gasteiger partial charge in [-0.15, -0.1) is 6.58 Å². The molecule has 7 rings (SSSR count). The van der Waals surface area contributed by atoms with E-state index in [1.54, 1.807) is 18.2 Å². The zero-order chi connectivity index (χ0) is 42.9. The van der Waals surface area contributed by atoms with Crippen LogP contribution in [0, 0.1) is 33.7 Å². The number of carbonyl (C=O) groups excluding carboxylic acids is 1. The number of amides is 1. The van der Waals surface area contributed by atoms with Gasteiger partial charge >= 0.3 is 6.09 Å². The highest BCUT2D eigenvalue weighted by molar-refractivity contribution is 6.03. The molecule has 3 aromatic rings. The van der Waals surface area contributed by atoms with Crippen molar-refractivity contribution in [3.63, 3.8) is 0 Å². The van der Waals surface area contributed by atoms with Gasteiger partial charge in [-0.05, 0) is 91.1 Å². The van der Waals surface area contributed by atoms with Crippen LogP contribution in [0.1, 0.15) is 62.0 Å². The molecule has 2 fully saturated rings. The molecule has 4 aliphatic rings. The molecule has 326 valence electrons. The molecule has 6 atom stereocenters. The number of nitrogens with zero attached hydrogens (tertiary/aromatic N) is 4. The lowest BCUT2D eigenvalue weighted by molar-refractivity contribution is -0.384. The maximum absolute atomic E-state index is 14.8. The van der Waals surface area contributed by atoms with Crippen molar-refractivity contribution in [2.45, 2.75) is 69.2 Å². The van der Waals surface area contributed by atoms with Crippen LogP contribution in [-0.4, -0.2) is 102 Å². The molecule has 0 bridgehead atoms. The molecule has 1 saturated heterocycles. The first-order valence-electron chi connectivity index (χ1n) is 21.1. The van der Waals surface area contributed by atoms with E-state index in [1.807, 2.05) is 12.1 Å². The first-order chi connectivity index (χ1) is 29.7. The molecule has 2 aliphatic carbocycles. The number of benzene rings is 3. The lowest BCUT2D eigenvalue weighted by Gasteiger charge is -2.59. The van der Waals surface area contributed by atoms with Crippen LogP contribution in [0.3, 0.4) is 0 Å². The van der Waals surface area contributed by atoms with Gasteiger partial charge in [-0.2, -0.15) is 0 Å². The Labute approximate surface area is 355 Å². The number of hydrogen-bond donors (Lipinski definition) is 2. The number of rotatable bonds is 21. The van der Waals surface area contributed by atoms with Crippen molar-refractivity contribution >= 4 is 17.5 Å². The lowest BCUT2D eigenvalue weighted by atomic mass is 9.55. The lowest BCUT2D eigenvalue weighted by Crippen LogP contribution is -2.70.